The van der Waals surface area contributed by atoms with Gasteiger partial charge in [-0.3, -0.25) is 4.40 Å². The van der Waals surface area contributed by atoms with Gasteiger partial charge in [0, 0.05) is 33.8 Å². The Balaban J connectivity index is 0.973. The number of pyridine rings is 2. The SMILES string of the molecule is c1ccc2cc(-c3cc(-c4ccc(-c5ccc(-c6nc7ccccc7c7nc8ccccn8c67)cc5)cc4)nc(-c4ccc5ccccc5c4)n3)ccc2c1. The number of aromatic nitrogens is 5. The molecule has 0 radical (unpaired) electrons. The molecule has 0 unspecified atom stereocenters. The summed E-state index contributed by atoms with van der Waals surface area (Å²) in [4.78, 5) is 20.5. The number of fused-ring (bicyclic) bond motifs is 7. The van der Waals surface area contributed by atoms with Crippen LogP contribution in [0, 0.1) is 0 Å². The molecule has 5 heteroatoms. The van der Waals surface area contributed by atoms with Crippen molar-refractivity contribution in [3.8, 4) is 56.3 Å². The Kier molecular flexibility index (Phi) is 7.10. The van der Waals surface area contributed by atoms with Crippen LogP contribution in [-0.4, -0.2) is 24.3 Å². The minimum absolute atomic E-state index is 0.702. The van der Waals surface area contributed by atoms with Gasteiger partial charge in [-0.1, -0.05) is 146 Å². The van der Waals surface area contributed by atoms with Crippen LogP contribution >= 0.6 is 0 Å². The van der Waals surface area contributed by atoms with Crippen LogP contribution in [0.5, 0.6) is 0 Å². The molecule has 0 spiro atoms. The van der Waals surface area contributed by atoms with Gasteiger partial charge in [0.2, 0.25) is 0 Å². The fourth-order valence-corrected chi connectivity index (χ4v) is 7.76. The molecule has 0 saturated heterocycles. The fourth-order valence-electron chi connectivity index (χ4n) is 7.76. The number of imidazole rings is 1. The zero-order valence-electron chi connectivity index (χ0n) is 29.6. The highest BCUT2D eigenvalue weighted by Crippen LogP contribution is 2.35. The largest absolute Gasteiger partial charge is 0.298 e. The van der Waals surface area contributed by atoms with Gasteiger partial charge in [0.15, 0.2) is 5.82 Å². The Bertz CT molecular complexity index is 3160. The molecule has 0 aliphatic heterocycles. The highest BCUT2D eigenvalue weighted by Gasteiger charge is 2.17. The lowest BCUT2D eigenvalue weighted by Gasteiger charge is -2.11. The Labute approximate surface area is 316 Å². The zero-order chi connectivity index (χ0) is 36.3. The first-order valence-electron chi connectivity index (χ1n) is 18.5. The molecule has 0 N–H and O–H groups in total. The molecule has 0 fully saturated rings. The number of hydrogen-bond donors (Lipinski definition) is 0. The van der Waals surface area contributed by atoms with Crippen molar-refractivity contribution in [1.82, 2.24) is 24.3 Å². The van der Waals surface area contributed by atoms with E-state index in [0.717, 1.165) is 83.4 Å². The van der Waals surface area contributed by atoms with Gasteiger partial charge in [-0.2, -0.15) is 0 Å². The lowest BCUT2D eigenvalue weighted by Crippen LogP contribution is -1.96. The van der Waals surface area contributed by atoms with Crippen molar-refractivity contribution in [3.05, 3.63) is 188 Å². The average molecular weight is 702 g/mol. The summed E-state index contributed by atoms with van der Waals surface area (Å²) in [6.07, 6.45) is 2.06. The quantitative estimate of drug-likeness (QED) is 0.179. The third-order valence-corrected chi connectivity index (χ3v) is 10.6. The van der Waals surface area contributed by atoms with Gasteiger partial charge in [-0.15, -0.1) is 0 Å². The van der Waals surface area contributed by atoms with Crippen LogP contribution < -0.4 is 0 Å². The van der Waals surface area contributed by atoms with E-state index in [1.54, 1.807) is 0 Å². The Morgan fingerprint density at radius 1 is 0.364 bits per heavy atom. The number of rotatable bonds is 5. The maximum absolute atomic E-state index is 5.16. The van der Waals surface area contributed by atoms with Crippen molar-refractivity contribution >= 4 is 49.1 Å². The molecule has 0 atom stereocenters. The fraction of sp³-hybridized carbons (Fsp3) is 0. The van der Waals surface area contributed by atoms with Gasteiger partial charge in [0.25, 0.3) is 0 Å². The monoisotopic (exact) mass is 701 g/mol. The summed E-state index contributed by atoms with van der Waals surface area (Å²) in [5, 5.41) is 5.80. The molecular weight excluding hydrogens is 671 g/mol. The van der Waals surface area contributed by atoms with E-state index < -0.39 is 0 Å². The minimum atomic E-state index is 0.702. The highest BCUT2D eigenvalue weighted by molar-refractivity contribution is 6.09. The van der Waals surface area contributed by atoms with Gasteiger partial charge in [-0.05, 0) is 69.1 Å². The van der Waals surface area contributed by atoms with E-state index in [4.69, 9.17) is 19.9 Å². The van der Waals surface area contributed by atoms with Crippen LogP contribution in [0.3, 0.4) is 0 Å². The smallest absolute Gasteiger partial charge is 0.160 e. The third kappa shape index (κ3) is 5.41. The van der Waals surface area contributed by atoms with Crippen LogP contribution in [-0.2, 0) is 0 Å². The second-order valence-electron chi connectivity index (χ2n) is 14.0. The molecule has 0 bridgehead atoms. The summed E-state index contributed by atoms with van der Waals surface area (Å²) in [5.74, 6) is 0.702. The maximum atomic E-state index is 5.16. The van der Waals surface area contributed by atoms with E-state index in [2.05, 4.69) is 162 Å². The first kappa shape index (κ1) is 31.1. The van der Waals surface area contributed by atoms with Crippen LogP contribution in [0.4, 0.5) is 0 Å². The van der Waals surface area contributed by atoms with Crippen LogP contribution in [0.15, 0.2) is 188 Å². The molecule has 4 heterocycles. The summed E-state index contributed by atoms with van der Waals surface area (Å²) in [7, 11) is 0. The number of hydrogen-bond acceptors (Lipinski definition) is 4. The molecule has 256 valence electrons. The summed E-state index contributed by atoms with van der Waals surface area (Å²) in [6, 6.07) is 63.6. The predicted octanol–water partition coefficient (Wildman–Crippen LogP) is 12.5. The van der Waals surface area contributed by atoms with Crippen molar-refractivity contribution in [3.63, 3.8) is 0 Å². The highest BCUT2D eigenvalue weighted by atomic mass is 15.0. The number of nitrogens with zero attached hydrogens (tertiary/aromatic N) is 5. The van der Waals surface area contributed by atoms with E-state index in [1.165, 1.54) is 16.2 Å². The summed E-state index contributed by atoms with van der Waals surface area (Å²) >= 11 is 0. The third-order valence-electron chi connectivity index (χ3n) is 10.6. The Morgan fingerprint density at radius 2 is 0.909 bits per heavy atom. The normalized spacial score (nSPS) is 11.6. The maximum Gasteiger partial charge on any atom is 0.160 e. The summed E-state index contributed by atoms with van der Waals surface area (Å²) < 4.78 is 2.14. The molecule has 0 aliphatic rings. The van der Waals surface area contributed by atoms with Crippen LogP contribution in [0.25, 0.3) is 105 Å². The van der Waals surface area contributed by atoms with E-state index in [1.807, 2.05) is 30.3 Å². The molecule has 5 nitrogen and oxygen atoms in total. The van der Waals surface area contributed by atoms with Gasteiger partial charge < -0.3 is 0 Å². The molecular formula is C50H31N5. The predicted molar refractivity (Wildman–Crippen MR) is 226 cm³/mol. The molecule has 4 aromatic heterocycles. The average Bonchev–Trinajstić information content (AvgIpc) is 3.66. The molecule has 55 heavy (non-hydrogen) atoms. The van der Waals surface area contributed by atoms with Gasteiger partial charge in [-0.25, -0.2) is 19.9 Å². The van der Waals surface area contributed by atoms with Gasteiger partial charge >= 0.3 is 0 Å². The van der Waals surface area contributed by atoms with Crippen molar-refractivity contribution in [2.75, 3.05) is 0 Å². The van der Waals surface area contributed by atoms with E-state index >= 15 is 0 Å². The van der Waals surface area contributed by atoms with Crippen molar-refractivity contribution < 1.29 is 0 Å². The van der Waals surface area contributed by atoms with Crippen molar-refractivity contribution in [2.24, 2.45) is 0 Å². The molecule has 7 aromatic carbocycles. The van der Waals surface area contributed by atoms with Crippen molar-refractivity contribution in [1.29, 1.82) is 0 Å². The summed E-state index contributed by atoms with van der Waals surface area (Å²) in [5.41, 5.74) is 12.9. The van der Waals surface area contributed by atoms with Gasteiger partial charge in [0.05, 0.1) is 28.1 Å². The Morgan fingerprint density at radius 3 is 1.64 bits per heavy atom. The lowest BCUT2D eigenvalue weighted by molar-refractivity contribution is 1.18. The van der Waals surface area contributed by atoms with Crippen molar-refractivity contribution in [2.45, 2.75) is 0 Å². The first-order chi connectivity index (χ1) is 27.2. The zero-order valence-corrected chi connectivity index (χ0v) is 29.6. The van der Waals surface area contributed by atoms with Crippen LogP contribution in [0.1, 0.15) is 0 Å². The first-order valence-corrected chi connectivity index (χ1v) is 18.5. The molecule has 0 saturated carbocycles. The molecule has 0 aliphatic carbocycles. The van der Waals surface area contributed by atoms with E-state index in [0.29, 0.717) is 5.82 Å². The van der Waals surface area contributed by atoms with Gasteiger partial charge in [0.1, 0.15) is 11.2 Å². The second-order valence-corrected chi connectivity index (χ2v) is 14.0. The topological polar surface area (TPSA) is 56.0 Å². The number of para-hydroxylation sites is 1. The molecule has 0 amide bonds. The summed E-state index contributed by atoms with van der Waals surface area (Å²) in [6.45, 7) is 0. The lowest BCUT2D eigenvalue weighted by atomic mass is 9.99. The van der Waals surface area contributed by atoms with Crippen LogP contribution in [0.2, 0.25) is 0 Å². The Hall–Kier alpha value is -7.50. The standard InChI is InChI=1S/C50H31N5/c1-3-11-38-29-40(26-20-32(38)9-1)45-31-44(52-50(53-45)41-27-21-33-10-2-4-12-39(33)30-41)36-22-16-34(17-23-36)35-18-24-37(25-19-35)47-49-48(42-13-5-6-14-43(42)51-47)54-46-15-7-8-28-55(46)49/h1-31H. The second kappa shape index (κ2) is 12.6. The van der Waals surface area contributed by atoms with E-state index in [-0.39, 0.29) is 0 Å². The molecule has 11 rings (SSSR count). The minimum Gasteiger partial charge on any atom is -0.298 e. The van der Waals surface area contributed by atoms with E-state index in [9.17, 15) is 0 Å². The molecule has 11 aromatic rings. The number of benzene rings is 7.